The predicted octanol–water partition coefficient (Wildman–Crippen LogP) is 4.01. The lowest BCUT2D eigenvalue weighted by molar-refractivity contribution is -0.119. The molecule has 0 aliphatic rings. The molecule has 0 aromatic heterocycles. The number of anilines is 3. The number of hydrogen-bond acceptors (Lipinski definition) is 6. The van der Waals surface area contributed by atoms with Gasteiger partial charge < -0.3 is 20.1 Å². The molecule has 7 heteroatoms. The van der Waals surface area contributed by atoms with Crippen LogP contribution in [0.25, 0.3) is 0 Å². The Balaban J connectivity index is 1.64. The van der Waals surface area contributed by atoms with E-state index in [2.05, 4.69) is 10.6 Å². The van der Waals surface area contributed by atoms with Crippen LogP contribution in [0, 0.1) is 0 Å². The molecule has 30 heavy (non-hydrogen) atoms. The van der Waals surface area contributed by atoms with Crippen LogP contribution in [0.5, 0.6) is 0 Å². The number of carbonyl (C=O) groups is 3. The lowest BCUT2D eigenvalue weighted by Crippen LogP contribution is -2.22. The number of benzene rings is 3. The number of ether oxygens (including phenoxy) is 2. The molecule has 1 amide bonds. The summed E-state index contributed by atoms with van der Waals surface area (Å²) >= 11 is 0. The van der Waals surface area contributed by atoms with Crippen molar-refractivity contribution in [2.45, 2.75) is 0 Å². The molecular weight excluding hydrogens is 384 g/mol. The van der Waals surface area contributed by atoms with Crippen molar-refractivity contribution in [1.29, 1.82) is 0 Å². The summed E-state index contributed by atoms with van der Waals surface area (Å²) in [5.74, 6) is -1.80. The average molecular weight is 404 g/mol. The van der Waals surface area contributed by atoms with E-state index in [1.165, 1.54) is 13.2 Å². The average Bonchev–Trinajstić information content (AvgIpc) is 2.78. The van der Waals surface area contributed by atoms with Gasteiger partial charge in [0.25, 0.3) is 5.91 Å². The molecule has 0 aliphatic carbocycles. The summed E-state index contributed by atoms with van der Waals surface area (Å²) in [5.41, 5.74) is 2.15. The normalized spacial score (nSPS) is 10.0. The van der Waals surface area contributed by atoms with Crippen molar-refractivity contribution in [2.75, 3.05) is 24.4 Å². The number of rotatable bonds is 7. The number of para-hydroxylation sites is 3. The largest absolute Gasteiger partial charge is 0.465 e. The van der Waals surface area contributed by atoms with E-state index in [4.69, 9.17) is 9.47 Å². The monoisotopic (exact) mass is 404 g/mol. The predicted molar refractivity (Wildman–Crippen MR) is 113 cm³/mol. The minimum absolute atomic E-state index is 0.206. The fourth-order valence-corrected chi connectivity index (χ4v) is 2.72. The molecule has 0 spiro atoms. The minimum atomic E-state index is -0.648. The van der Waals surface area contributed by atoms with Crippen LogP contribution >= 0.6 is 0 Å². The van der Waals surface area contributed by atoms with E-state index in [0.29, 0.717) is 11.3 Å². The standard InChI is InChI=1S/C23H20N2O5/c1-29-22(27)17-11-5-8-14-20(17)25-21(26)15-30-23(28)18-12-6-7-13-19(18)24-16-9-3-2-4-10-16/h2-14,24H,15H2,1H3,(H,25,26). The highest BCUT2D eigenvalue weighted by Crippen LogP contribution is 2.21. The first-order valence-electron chi connectivity index (χ1n) is 9.14. The Morgan fingerprint density at radius 2 is 1.30 bits per heavy atom. The summed E-state index contributed by atoms with van der Waals surface area (Å²) in [4.78, 5) is 36.5. The molecular formula is C23H20N2O5. The molecule has 0 radical (unpaired) electrons. The zero-order valence-corrected chi connectivity index (χ0v) is 16.3. The molecule has 0 aliphatic heterocycles. The van der Waals surface area contributed by atoms with E-state index < -0.39 is 24.5 Å². The van der Waals surface area contributed by atoms with Gasteiger partial charge in [-0.1, -0.05) is 42.5 Å². The van der Waals surface area contributed by atoms with E-state index in [-0.39, 0.29) is 11.3 Å². The van der Waals surface area contributed by atoms with E-state index in [1.807, 2.05) is 30.3 Å². The van der Waals surface area contributed by atoms with Gasteiger partial charge >= 0.3 is 11.9 Å². The number of hydrogen-bond donors (Lipinski definition) is 2. The van der Waals surface area contributed by atoms with Crippen LogP contribution < -0.4 is 10.6 Å². The highest BCUT2D eigenvalue weighted by molar-refractivity contribution is 6.03. The van der Waals surface area contributed by atoms with E-state index >= 15 is 0 Å². The Morgan fingerprint density at radius 3 is 1.97 bits per heavy atom. The van der Waals surface area contributed by atoms with Crippen molar-refractivity contribution in [3.05, 3.63) is 90.0 Å². The number of nitrogens with one attached hydrogen (secondary N) is 2. The van der Waals surface area contributed by atoms with Crippen LogP contribution in [0.15, 0.2) is 78.9 Å². The SMILES string of the molecule is COC(=O)c1ccccc1NC(=O)COC(=O)c1ccccc1Nc1ccccc1. The lowest BCUT2D eigenvalue weighted by atomic mass is 10.1. The van der Waals surface area contributed by atoms with Gasteiger partial charge in [-0.25, -0.2) is 9.59 Å². The van der Waals surface area contributed by atoms with E-state index in [9.17, 15) is 14.4 Å². The van der Waals surface area contributed by atoms with Crippen molar-refractivity contribution in [1.82, 2.24) is 0 Å². The quantitative estimate of drug-likeness (QED) is 0.578. The van der Waals surface area contributed by atoms with Gasteiger partial charge in [-0.15, -0.1) is 0 Å². The molecule has 0 atom stereocenters. The van der Waals surface area contributed by atoms with Crippen molar-refractivity contribution >= 4 is 34.9 Å². The van der Waals surface area contributed by atoms with Crippen LogP contribution in [-0.2, 0) is 14.3 Å². The maximum Gasteiger partial charge on any atom is 0.340 e. The lowest BCUT2D eigenvalue weighted by Gasteiger charge is -2.12. The van der Waals surface area contributed by atoms with E-state index in [0.717, 1.165) is 5.69 Å². The highest BCUT2D eigenvalue weighted by atomic mass is 16.5. The summed E-state index contributed by atoms with van der Waals surface area (Å²) in [5, 5.41) is 5.71. The van der Waals surface area contributed by atoms with Gasteiger partial charge in [0.1, 0.15) is 0 Å². The Hall–Kier alpha value is -4.13. The van der Waals surface area contributed by atoms with Crippen LogP contribution in [-0.4, -0.2) is 31.6 Å². The third-order valence-corrected chi connectivity index (χ3v) is 4.14. The van der Waals surface area contributed by atoms with Gasteiger partial charge in [0.2, 0.25) is 0 Å². The van der Waals surface area contributed by atoms with Gasteiger partial charge in [0.05, 0.1) is 29.6 Å². The second-order valence-corrected chi connectivity index (χ2v) is 6.20. The molecule has 2 N–H and O–H groups in total. The summed E-state index contributed by atoms with van der Waals surface area (Å²) in [6.07, 6.45) is 0. The highest BCUT2D eigenvalue weighted by Gasteiger charge is 2.17. The van der Waals surface area contributed by atoms with Crippen LogP contribution in [0.3, 0.4) is 0 Å². The van der Waals surface area contributed by atoms with Crippen molar-refractivity contribution in [2.24, 2.45) is 0 Å². The molecule has 152 valence electrons. The zero-order valence-electron chi connectivity index (χ0n) is 16.3. The van der Waals surface area contributed by atoms with Crippen molar-refractivity contribution in [3.63, 3.8) is 0 Å². The van der Waals surface area contributed by atoms with Crippen molar-refractivity contribution < 1.29 is 23.9 Å². The molecule has 3 aromatic carbocycles. The maximum absolute atomic E-state index is 12.5. The summed E-state index contributed by atoms with van der Waals surface area (Å²) < 4.78 is 9.85. The molecule has 0 saturated heterocycles. The molecule has 0 bridgehead atoms. The number of amides is 1. The van der Waals surface area contributed by atoms with Gasteiger partial charge in [-0.05, 0) is 36.4 Å². The first-order chi connectivity index (χ1) is 14.6. The summed E-state index contributed by atoms with van der Waals surface area (Å²) in [6.45, 7) is -0.506. The second kappa shape index (κ2) is 9.88. The number of carbonyl (C=O) groups excluding carboxylic acids is 3. The fraction of sp³-hybridized carbons (Fsp3) is 0.0870. The number of methoxy groups -OCH3 is 1. The van der Waals surface area contributed by atoms with Gasteiger partial charge in [-0.2, -0.15) is 0 Å². The Labute approximate surface area is 173 Å². The van der Waals surface area contributed by atoms with E-state index in [1.54, 1.807) is 42.5 Å². The zero-order chi connectivity index (χ0) is 21.3. The smallest absolute Gasteiger partial charge is 0.340 e. The fourth-order valence-electron chi connectivity index (χ4n) is 2.72. The van der Waals surface area contributed by atoms with Crippen molar-refractivity contribution in [3.8, 4) is 0 Å². The Morgan fingerprint density at radius 1 is 0.733 bits per heavy atom. The van der Waals surface area contributed by atoms with Gasteiger partial charge in [0, 0.05) is 5.69 Å². The van der Waals surface area contributed by atoms with Gasteiger partial charge in [-0.3, -0.25) is 4.79 Å². The van der Waals surface area contributed by atoms with Gasteiger partial charge in [0.15, 0.2) is 6.61 Å². The summed E-state index contributed by atoms with van der Waals surface area (Å²) in [6, 6.07) is 22.6. The third-order valence-electron chi connectivity index (χ3n) is 4.14. The minimum Gasteiger partial charge on any atom is -0.465 e. The van der Waals surface area contributed by atoms with Crippen LogP contribution in [0.2, 0.25) is 0 Å². The topological polar surface area (TPSA) is 93.7 Å². The maximum atomic E-state index is 12.5. The third kappa shape index (κ3) is 5.23. The number of esters is 2. The first-order valence-corrected chi connectivity index (χ1v) is 9.14. The molecule has 3 rings (SSSR count). The molecule has 0 unspecified atom stereocenters. The Kier molecular flexibility index (Phi) is 6.78. The molecule has 0 saturated carbocycles. The molecule has 3 aromatic rings. The molecule has 7 nitrogen and oxygen atoms in total. The van der Waals surface area contributed by atoms with Crippen LogP contribution in [0.4, 0.5) is 17.1 Å². The molecule has 0 fully saturated rings. The summed E-state index contributed by atoms with van der Waals surface area (Å²) in [7, 11) is 1.25. The second-order valence-electron chi connectivity index (χ2n) is 6.20. The Bertz CT molecular complexity index is 1050. The van der Waals surface area contributed by atoms with Crippen LogP contribution in [0.1, 0.15) is 20.7 Å². The molecule has 0 heterocycles. The first kappa shape index (κ1) is 20.6.